The van der Waals surface area contributed by atoms with E-state index in [4.69, 9.17) is 10.5 Å². The Kier molecular flexibility index (Phi) is 6.75. The molecule has 2 aliphatic rings. The normalized spacial score (nSPS) is 20.3. The Hall–Kier alpha value is -2.09. The number of nitrogens with zero attached hydrogens (tertiary/aromatic N) is 3. The smallest absolute Gasteiger partial charge is 0.410 e. The average Bonchev–Trinajstić information content (AvgIpc) is 2.66. The summed E-state index contributed by atoms with van der Waals surface area (Å²) in [6.45, 7) is 11.9. The topological polar surface area (TPSA) is 62.0 Å². The molecular weight excluding hydrogens is 390 g/mol. The van der Waals surface area contributed by atoms with Gasteiger partial charge in [-0.15, -0.1) is 0 Å². The summed E-state index contributed by atoms with van der Waals surface area (Å²) in [5, 5.41) is 0. The Bertz CT molecular complexity index is 729. The van der Waals surface area contributed by atoms with E-state index in [1.165, 1.54) is 12.1 Å². The molecule has 2 aliphatic heterocycles. The highest BCUT2D eigenvalue weighted by molar-refractivity contribution is 5.68. The Balaban J connectivity index is 1.51. The lowest BCUT2D eigenvalue weighted by Crippen LogP contribution is -2.53. The molecule has 1 amide bonds. The first-order valence-electron chi connectivity index (χ1n) is 10.8. The van der Waals surface area contributed by atoms with Crippen molar-refractivity contribution in [2.24, 2.45) is 5.92 Å². The Morgan fingerprint density at radius 2 is 1.60 bits per heavy atom. The van der Waals surface area contributed by atoms with Gasteiger partial charge in [-0.2, -0.15) is 0 Å². The minimum absolute atomic E-state index is 0.0159. The summed E-state index contributed by atoms with van der Waals surface area (Å²) in [5.74, 6) is -0.729. The SMILES string of the molecule is C[C@H](C1CCN(C(=O)OC(C)(C)C)CC1)N1CCN(c2c(F)cc(N)cc2F)CC1. The van der Waals surface area contributed by atoms with Gasteiger partial charge in [-0.1, -0.05) is 0 Å². The van der Waals surface area contributed by atoms with Gasteiger partial charge in [0.15, 0.2) is 11.6 Å². The van der Waals surface area contributed by atoms with E-state index in [1.54, 1.807) is 9.80 Å². The van der Waals surface area contributed by atoms with Gasteiger partial charge >= 0.3 is 6.09 Å². The summed E-state index contributed by atoms with van der Waals surface area (Å²) in [4.78, 5) is 18.2. The van der Waals surface area contributed by atoms with Gasteiger partial charge in [-0.05, 0) is 58.6 Å². The van der Waals surface area contributed by atoms with Crippen LogP contribution in [0.3, 0.4) is 0 Å². The molecule has 2 N–H and O–H groups in total. The van der Waals surface area contributed by atoms with Crippen LogP contribution in [0.25, 0.3) is 0 Å². The molecule has 2 saturated heterocycles. The Morgan fingerprint density at radius 1 is 1.07 bits per heavy atom. The lowest BCUT2D eigenvalue weighted by molar-refractivity contribution is 0.0133. The van der Waals surface area contributed by atoms with Crippen molar-refractivity contribution >= 4 is 17.5 Å². The van der Waals surface area contributed by atoms with Crippen molar-refractivity contribution in [3.63, 3.8) is 0 Å². The molecule has 0 aliphatic carbocycles. The number of hydrogen-bond acceptors (Lipinski definition) is 5. The second-order valence-corrected chi connectivity index (χ2v) is 9.40. The van der Waals surface area contributed by atoms with E-state index in [0.29, 0.717) is 38.1 Å². The van der Waals surface area contributed by atoms with Crippen molar-refractivity contribution in [1.82, 2.24) is 9.80 Å². The lowest BCUT2D eigenvalue weighted by atomic mass is 9.89. The van der Waals surface area contributed by atoms with Crippen LogP contribution in [0.1, 0.15) is 40.5 Å². The highest BCUT2D eigenvalue weighted by Gasteiger charge is 2.33. The highest BCUT2D eigenvalue weighted by atomic mass is 19.1. The van der Waals surface area contributed by atoms with Gasteiger partial charge in [0.1, 0.15) is 11.3 Å². The second kappa shape index (κ2) is 8.96. The van der Waals surface area contributed by atoms with Crippen LogP contribution in [-0.2, 0) is 4.74 Å². The highest BCUT2D eigenvalue weighted by Crippen LogP contribution is 2.29. The third-order valence-corrected chi connectivity index (χ3v) is 6.12. The number of carbonyl (C=O) groups excluding carboxylic acids is 1. The first-order chi connectivity index (χ1) is 14.0. The number of nitrogens with two attached hydrogens (primary N) is 1. The molecule has 3 rings (SSSR count). The summed E-state index contributed by atoms with van der Waals surface area (Å²) < 4.78 is 33.9. The molecule has 30 heavy (non-hydrogen) atoms. The van der Waals surface area contributed by atoms with Crippen LogP contribution < -0.4 is 10.6 Å². The number of benzene rings is 1. The summed E-state index contributed by atoms with van der Waals surface area (Å²) in [5.41, 5.74) is 5.15. The molecule has 1 aromatic carbocycles. The van der Waals surface area contributed by atoms with Crippen LogP contribution in [0.15, 0.2) is 12.1 Å². The minimum Gasteiger partial charge on any atom is -0.444 e. The zero-order valence-electron chi connectivity index (χ0n) is 18.5. The first-order valence-corrected chi connectivity index (χ1v) is 10.8. The number of carbonyl (C=O) groups is 1. The Morgan fingerprint density at radius 3 is 2.10 bits per heavy atom. The number of likely N-dealkylation sites (tertiary alicyclic amines) is 1. The number of rotatable bonds is 3. The van der Waals surface area contributed by atoms with Crippen molar-refractivity contribution in [3.05, 3.63) is 23.8 Å². The molecule has 1 atom stereocenters. The van der Waals surface area contributed by atoms with Crippen molar-refractivity contribution in [2.75, 3.05) is 49.9 Å². The van der Waals surface area contributed by atoms with E-state index >= 15 is 0 Å². The number of piperidine rings is 1. The number of hydrogen-bond donors (Lipinski definition) is 1. The van der Waals surface area contributed by atoms with E-state index in [2.05, 4.69) is 11.8 Å². The fraction of sp³-hybridized carbons (Fsp3) is 0.682. The molecule has 0 unspecified atom stereocenters. The molecule has 1 aromatic rings. The van der Waals surface area contributed by atoms with Crippen LogP contribution in [0.5, 0.6) is 0 Å². The van der Waals surface area contributed by atoms with Gasteiger partial charge in [0.05, 0.1) is 0 Å². The van der Waals surface area contributed by atoms with Crippen LogP contribution >= 0.6 is 0 Å². The molecule has 0 bridgehead atoms. The van der Waals surface area contributed by atoms with Crippen molar-refractivity contribution in [2.45, 2.75) is 52.2 Å². The first kappa shape index (κ1) is 22.6. The summed E-state index contributed by atoms with van der Waals surface area (Å²) in [7, 11) is 0. The van der Waals surface area contributed by atoms with E-state index in [1.807, 2.05) is 20.8 Å². The largest absolute Gasteiger partial charge is 0.444 e. The fourth-order valence-corrected chi connectivity index (χ4v) is 4.43. The predicted molar refractivity (Wildman–Crippen MR) is 115 cm³/mol. The van der Waals surface area contributed by atoms with Crippen molar-refractivity contribution in [1.29, 1.82) is 0 Å². The molecule has 8 heteroatoms. The van der Waals surface area contributed by atoms with Gasteiger partial charge in [0.25, 0.3) is 0 Å². The average molecular weight is 425 g/mol. The number of amides is 1. The lowest BCUT2D eigenvalue weighted by Gasteiger charge is -2.43. The third kappa shape index (κ3) is 5.33. The van der Waals surface area contributed by atoms with Gasteiger partial charge in [-0.25, -0.2) is 13.6 Å². The fourth-order valence-electron chi connectivity index (χ4n) is 4.43. The molecule has 0 radical (unpaired) electrons. The van der Waals surface area contributed by atoms with E-state index in [0.717, 1.165) is 25.9 Å². The second-order valence-electron chi connectivity index (χ2n) is 9.40. The maximum absolute atomic E-state index is 14.2. The van der Waals surface area contributed by atoms with E-state index < -0.39 is 17.2 Å². The molecule has 2 heterocycles. The maximum Gasteiger partial charge on any atom is 0.410 e. The molecule has 0 spiro atoms. The quantitative estimate of drug-likeness (QED) is 0.750. The van der Waals surface area contributed by atoms with Gasteiger partial charge < -0.3 is 20.3 Å². The molecule has 0 saturated carbocycles. The number of anilines is 2. The molecule has 2 fully saturated rings. The van der Waals surface area contributed by atoms with Gasteiger partial charge in [0, 0.05) is 51.0 Å². The third-order valence-electron chi connectivity index (χ3n) is 6.12. The summed E-state index contributed by atoms with van der Waals surface area (Å²) >= 11 is 0. The number of halogens is 2. The van der Waals surface area contributed by atoms with Crippen molar-refractivity contribution in [3.8, 4) is 0 Å². The number of nitrogen functional groups attached to an aromatic ring is 1. The van der Waals surface area contributed by atoms with Crippen LogP contribution in [0.4, 0.5) is 25.0 Å². The van der Waals surface area contributed by atoms with Crippen LogP contribution in [-0.4, -0.2) is 66.8 Å². The van der Waals surface area contributed by atoms with Gasteiger partial charge in [-0.3, -0.25) is 4.90 Å². The number of ether oxygens (including phenoxy) is 1. The minimum atomic E-state index is -0.608. The maximum atomic E-state index is 14.2. The van der Waals surface area contributed by atoms with Crippen LogP contribution in [0, 0.1) is 17.6 Å². The Labute approximate surface area is 177 Å². The number of piperazine rings is 1. The molecule has 0 aromatic heterocycles. The summed E-state index contributed by atoms with van der Waals surface area (Å²) in [6.07, 6.45) is 1.62. The van der Waals surface area contributed by atoms with Gasteiger partial charge in [0.2, 0.25) is 0 Å². The van der Waals surface area contributed by atoms with Crippen molar-refractivity contribution < 1.29 is 18.3 Å². The van der Waals surface area contributed by atoms with Crippen LogP contribution in [0.2, 0.25) is 0 Å². The monoisotopic (exact) mass is 424 g/mol. The standard InChI is InChI=1S/C22H34F2N4O2/c1-15(16-5-7-28(8-6-16)21(29)30-22(2,3)4)26-9-11-27(12-10-26)20-18(23)13-17(25)14-19(20)24/h13-16H,5-12,25H2,1-4H3/t15-/m1/s1. The molecule has 168 valence electrons. The molecular formula is C22H34F2N4O2. The predicted octanol–water partition coefficient (Wildman–Crippen LogP) is 3.70. The van der Waals surface area contributed by atoms with E-state index in [-0.39, 0.29) is 17.5 Å². The zero-order valence-corrected chi connectivity index (χ0v) is 18.5. The van der Waals surface area contributed by atoms with E-state index in [9.17, 15) is 13.6 Å². The zero-order chi connectivity index (χ0) is 22.1. The summed E-state index contributed by atoms with van der Waals surface area (Å²) in [6, 6.07) is 2.70. The molecule has 6 nitrogen and oxygen atoms in total.